The Kier molecular flexibility index (Phi) is 5.64. The maximum atomic E-state index is 13.2. The van der Waals surface area contributed by atoms with Crippen molar-refractivity contribution in [3.05, 3.63) is 68.5 Å². The highest BCUT2D eigenvalue weighted by molar-refractivity contribution is 9.10. The lowest BCUT2D eigenvalue weighted by molar-refractivity contribution is -0.123. The van der Waals surface area contributed by atoms with Gasteiger partial charge in [0, 0.05) is 10.0 Å². The number of methoxy groups -OCH3 is 1. The zero-order valence-electron chi connectivity index (χ0n) is 19.3. The zero-order valence-corrected chi connectivity index (χ0v) is 21.7. The highest BCUT2D eigenvalue weighted by atomic mass is 79.9. The van der Waals surface area contributed by atoms with Gasteiger partial charge in [0.2, 0.25) is 0 Å². The Morgan fingerprint density at radius 3 is 2.29 bits per heavy atom. The van der Waals surface area contributed by atoms with Crippen molar-refractivity contribution < 1.29 is 14.3 Å². The summed E-state index contributed by atoms with van der Waals surface area (Å²) < 4.78 is 6.63. The number of halogens is 1. The Balaban J connectivity index is 1.30. The highest BCUT2D eigenvalue weighted by Crippen LogP contribution is 2.61. The van der Waals surface area contributed by atoms with Gasteiger partial charge in [0.15, 0.2) is 0 Å². The number of amides is 2. The lowest BCUT2D eigenvalue weighted by Gasteiger charge is -2.57. The molecule has 176 valence electrons. The van der Waals surface area contributed by atoms with Crippen molar-refractivity contribution in [1.29, 1.82) is 0 Å². The fraction of sp³-hybridized carbons (Fsp3) is 0.429. The molecule has 6 heteroatoms. The molecular formula is C28H28BrNO3S. The molecule has 4 aliphatic carbocycles. The van der Waals surface area contributed by atoms with Crippen LogP contribution in [0.4, 0.5) is 4.79 Å². The van der Waals surface area contributed by atoms with Gasteiger partial charge in [-0.05, 0) is 115 Å². The fourth-order valence-electron chi connectivity index (χ4n) is 7.19. The predicted octanol–water partition coefficient (Wildman–Crippen LogP) is 7.16. The Hall–Kier alpha value is -2.05. The van der Waals surface area contributed by atoms with Crippen molar-refractivity contribution in [3.63, 3.8) is 0 Å². The molecule has 7 rings (SSSR count). The van der Waals surface area contributed by atoms with Gasteiger partial charge in [-0.15, -0.1) is 0 Å². The van der Waals surface area contributed by atoms with Crippen LogP contribution in [0.25, 0.3) is 6.08 Å². The molecule has 1 aliphatic heterocycles. The molecule has 4 nitrogen and oxygen atoms in total. The lowest BCUT2D eigenvalue weighted by Crippen LogP contribution is -2.48. The predicted molar refractivity (Wildman–Crippen MR) is 138 cm³/mol. The van der Waals surface area contributed by atoms with E-state index >= 15 is 0 Å². The molecule has 1 heterocycles. The molecule has 2 amide bonds. The van der Waals surface area contributed by atoms with Crippen LogP contribution in [0.15, 0.2) is 51.8 Å². The van der Waals surface area contributed by atoms with Gasteiger partial charge in [0.05, 0.1) is 18.6 Å². The molecule has 2 aromatic rings. The van der Waals surface area contributed by atoms with Crippen molar-refractivity contribution in [3.8, 4) is 5.75 Å². The van der Waals surface area contributed by atoms with E-state index in [4.69, 9.17) is 4.74 Å². The first-order chi connectivity index (χ1) is 16.4. The quantitative estimate of drug-likeness (QED) is 0.379. The summed E-state index contributed by atoms with van der Waals surface area (Å²) in [4.78, 5) is 27.6. The van der Waals surface area contributed by atoms with Crippen LogP contribution in [-0.2, 0) is 16.8 Å². The Morgan fingerprint density at radius 1 is 1.03 bits per heavy atom. The fourth-order valence-corrected chi connectivity index (χ4v) is 8.28. The van der Waals surface area contributed by atoms with Gasteiger partial charge in [-0.1, -0.05) is 34.1 Å². The van der Waals surface area contributed by atoms with Crippen LogP contribution in [0.1, 0.15) is 55.2 Å². The molecule has 0 aromatic heterocycles. The maximum Gasteiger partial charge on any atom is 0.293 e. The van der Waals surface area contributed by atoms with Crippen LogP contribution < -0.4 is 4.74 Å². The van der Waals surface area contributed by atoms with Gasteiger partial charge in [-0.25, -0.2) is 0 Å². The first-order valence-electron chi connectivity index (χ1n) is 12.1. The summed E-state index contributed by atoms with van der Waals surface area (Å²) in [6.07, 6.45) is 9.95. The number of thioether (sulfide) groups is 1. The minimum Gasteiger partial charge on any atom is -0.496 e. The second-order valence-electron chi connectivity index (χ2n) is 10.5. The molecule has 4 saturated carbocycles. The van der Waals surface area contributed by atoms with Gasteiger partial charge in [0.1, 0.15) is 5.75 Å². The lowest BCUT2D eigenvalue weighted by atomic mass is 9.48. The van der Waals surface area contributed by atoms with Crippen molar-refractivity contribution in [1.82, 2.24) is 4.90 Å². The standard InChI is InChI=1S/C28H28BrNO3S/c1-33-24-7-4-22(28-13-18-8-19(14-28)10-20(9-18)15-28)11-21(24)12-25-26(31)30(27(32)34-25)16-17-2-5-23(29)6-3-17/h2-7,11-12,18-20H,8-10,13-16H2,1H3/b25-12+. The average molecular weight is 539 g/mol. The van der Waals surface area contributed by atoms with Gasteiger partial charge in [0.25, 0.3) is 11.1 Å². The first-order valence-corrected chi connectivity index (χ1v) is 13.7. The molecule has 0 atom stereocenters. The molecule has 5 fully saturated rings. The molecule has 34 heavy (non-hydrogen) atoms. The van der Waals surface area contributed by atoms with E-state index in [1.807, 2.05) is 36.4 Å². The van der Waals surface area contributed by atoms with E-state index < -0.39 is 0 Å². The van der Waals surface area contributed by atoms with E-state index in [1.54, 1.807) is 7.11 Å². The highest BCUT2D eigenvalue weighted by Gasteiger charge is 2.51. The van der Waals surface area contributed by atoms with Crippen LogP contribution in [-0.4, -0.2) is 23.2 Å². The Morgan fingerprint density at radius 2 is 1.68 bits per heavy atom. The molecular weight excluding hydrogens is 510 g/mol. The monoisotopic (exact) mass is 537 g/mol. The maximum absolute atomic E-state index is 13.2. The summed E-state index contributed by atoms with van der Waals surface area (Å²) in [5, 5.41) is -0.227. The third kappa shape index (κ3) is 3.93. The topological polar surface area (TPSA) is 46.6 Å². The summed E-state index contributed by atoms with van der Waals surface area (Å²) in [5.41, 5.74) is 3.47. The first kappa shape index (κ1) is 22.4. The van der Waals surface area contributed by atoms with Crippen molar-refractivity contribution in [2.75, 3.05) is 7.11 Å². The third-order valence-electron chi connectivity index (χ3n) is 8.29. The minimum atomic E-state index is -0.236. The van der Waals surface area contributed by atoms with Gasteiger partial charge >= 0.3 is 0 Å². The normalized spacial score (nSPS) is 31.1. The SMILES string of the molecule is COc1ccc(C23CC4CC(CC(C4)C2)C3)cc1/C=C1/SC(=O)N(Cc2ccc(Br)cc2)C1=O. The second kappa shape index (κ2) is 8.56. The zero-order chi connectivity index (χ0) is 23.4. The van der Waals surface area contributed by atoms with Crippen LogP contribution in [0.2, 0.25) is 0 Å². The Bertz CT molecular complexity index is 1150. The van der Waals surface area contributed by atoms with Gasteiger partial charge in [-0.2, -0.15) is 0 Å². The molecule has 0 unspecified atom stereocenters. The third-order valence-corrected chi connectivity index (χ3v) is 9.73. The molecule has 0 radical (unpaired) electrons. The number of rotatable bonds is 5. The van der Waals surface area contributed by atoms with E-state index in [0.29, 0.717) is 4.91 Å². The molecule has 2 aromatic carbocycles. The average Bonchev–Trinajstić information content (AvgIpc) is 3.07. The van der Waals surface area contributed by atoms with E-state index in [9.17, 15) is 9.59 Å². The number of imide groups is 1. The summed E-state index contributed by atoms with van der Waals surface area (Å²) in [6, 6.07) is 14.2. The molecule has 1 saturated heterocycles. The van der Waals surface area contributed by atoms with E-state index in [1.165, 1.54) is 49.0 Å². The van der Waals surface area contributed by atoms with Gasteiger partial charge < -0.3 is 4.74 Å². The van der Waals surface area contributed by atoms with Crippen molar-refractivity contribution in [2.45, 2.75) is 50.5 Å². The van der Waals surface area contributed by atoms with E-state index in [2.05, 4.69) is 28.1 Å². The number of nitrogens with zero attached hydrogens (tertiary/aromatic N) is 1. The number of ether oxygens (including phenoxy) is 1. The second-order valence-corrected chi connectivity index (χ2v) is 12.5. The van der Waals surface area contributed by atoms with Gasteiger partial charge in [-0.3, -0.25) is 14.5 Å². The number of carbonyl (C=O) groups is 2. The number of hydrogen-bond acceptors (Lipinski definition) is 4. The number of benzene rings is 2. The van der Waals surface area contributed by atoms with E-state index in [0.717, 1.165) is 50.9 Å². The van der Waals surface area contributed by atoms with Crippen LogP contribution >= 0.6 is 27.7 Å². The molecule has 0 N–H and O–H groups in total. The molecule has 0 spiro atoms. The van der Waals surface area contributed by atoms with Crippen molar-refractivity contribution >= 4 is 44.9 Å². The van der Waals surface area contributed by atoms with Crippen molar-refractivity contribution in [2.24, 2.45) is 17.8 Å². The number of carbonyl (C=O) groups excluding carboxylic acids is 2. The Labute approximate surface area is 213 Å². The largest absolute Gasteiger partial charge is 0.496 e. The summed E-state index contributed by atoms with van der Waals surface area (Å²) in [5.74, 6) is 3.11. The van der Waals surface area contributed by atoms with E-state index in [-0.39, 0.29) is 23.1 Å². The molecule has 4 bridgehead atoms. The summed E-state index contributed by atoms with van der Waals surface area (Å²) in [6.45, 7) is 0.278. The summed E-state index contributed by atoms with van der Waals surface area (Å²) in [7, 11) is 1.66. The van der Waals surface area contributed by atoms with Crippen LogP contribution in [0.5, 0.6) is 5.75 Å². The smallest absolute Gasteiger partial charge is 0.293 e. The minimum absolute atomic E-state index is 0.227. The summed E-state index contributed by atoms with van der Waals surface area (Å²) >= 11 is 4.44. The number of hydrogen-bond donors (Lipinski definition) is 0. The van der Waals surface area contributed by atoms with Crippen LogP contribution in [0.3, 0.4) is 0 Å². The van der Waals surface area contributed by atoms with Crippen LogP contribution in [0, 0.1) is 17.8 Å². The molecule has 5 aliphatic rings.